The molecule has 0 saturated carbocycles. The van der Waals surface area contributed by atoms with Crippen LogP contribution in [0.4, 0.5) is 11.4 Å². The largest absolute Gasteiger partial charge is 0.325 e. The van der Waals surface area contributed by atoms with E-state index in [1.165, 1.54) is 11.8 Å². The van der Waals surface area contributed by atoms with Gasteiger partial charge in [-0.25, -0.2) is 0 Å². The van der Waals surface area contributed by atoms with Crippen molar-refractivity contribution in [2.75, 3.05) is 16.8 Å². The first-order chi connectivity index (χ1) is 10.5. The lowest BCUT2D eigenvalue weighted by Gasteiger charge is -2.21. The zero-order valence-electron chi connectivity index (χ0n) is 13.1. The van der Waals surface area contributed by atoms with Gasteiger partial charge in [0.2, 0.25) is 11.8 Å². The molecule has 1 N–H and O–H groups in total. The number of nitrogens with one attached hydrogen (secondary N) is 1. The second-order valence-corrected chi connectivity index (χ2v) is 5.36. The van der Waals surface area contributed by atoms with Gasteiger partial charge in [-0.3, -0.25) is 9.59 Å². The molecule has 0 unspecified atom stereocenters. The molecule has 0 atom stereocenters. The Balaban J connectivity index is 2.09. The number of aryl methyl sites for hydroxylation is 2. The monoisotopic (exact) mass is 296 g/mol. The molecule has 0 fully saturated rings. The van der Waals surface area contributed by atoms with E-state index >= 15 is 0 Å². The zero-order chi connectivity index (χ0) is 16.1. The molecule has 0 radical (unpaired) electrons. The Hall–Kier alpha value is -2.62. The summed E-state index contributed by atoms with van der Waals surface area (Å²) in [5, 5.41) is 2.82. The van der Waals surface area contributed by atoms with Crippen LogP contribution in [0.3, 0.4) is 0 Å². The molecule has 4 heteroatoms. The van der Waals surface area contributed by atoms with Gasteiger partial charge in [0.15, 0.2) is 0 Å². The van der Waals surface area contributed by atoms with E-state index in [2.05, 4.69) is 5.32 Å². The van der Waals surface area contributed by atoms with Crippen LogP contribution in [0.2, 0.25) is 0 Å². The van der Waals surface area contributed by atoms with Crippen LogP contribution >= 0.6 is 0 Å². The minimum absolute atomic E-state index is 0.00760. The standard InChI is InChI=1S/C18H20N2O2/c1-13-7-9-17(10-8-13)20(15(3)21)12-18(22)19-16-6-4-5-14(2)11-16/h4-11H,12H2,1-3H3,(H,19,22). The first-order valence-electron chi connectivity index (χ1n) is 7.17. The minimum atomic E-state index is -0.221. The van der Waals surface area contributed by atoms with E-state index in [1.54, 1.807) is 0 Å². The lowest BCUT2D eigenvalue weighted by molar-refractivity contribution is -0.120. The fourth-order valence-corrected chi connectivity index (χ4v) is 2.18. The lowest BCUT2D eigenvalue weighted by Crippen LogP contribution is -2.36. The second-order valence-electron chi connectivity index (χ2n) is 5.36. The second kappa shape index (κ2) is 6.89. The van der Waals surface area contributed by atoms with Gasteiger partial charge in [0.1, 0.15) is 6.54 Å². The predicted molar refractivity (Wildman–Crippen MR) is 89.0 cm³/mol. The summed E-state index contributed by atoms with van der Waals surface area (Å²) < 4.78 is 0. The molecule has 0 heterocycles. The summed E-state index contributed by atoms with van der Waals surface area (Å²) in [5.41, 5.74) is 3.63. The molecule has 0 bridgehead atoms. The SMILES string of the molecule is CC(=O)N(CC(=O)Nc1cccc(C)c1)c1ccc(C)cc1. The Bertz CT molecular complexity index is 678. The minimum Gasteiger partial charge on any atom is -0.325 e. The van der Waals surface area contributed by atoms with Gasteiger partial charge in [-0.1, -0.05) is 29.8 Å². The molecule has 0 spiro atoms. The fourth-order valence-electron chi connectivity index (χ4n) is 2.18. The Kier molecular flexibility index (Phi) is 4.94. The molecule has 0 aliphatic carbocycles. The van der Waals surface area contributed by atoms with Gasteiger partial charge in [0, 0.05) is 18.3 Å². The van der Waals surface area contributed by atoms with Gasteiger partial charge in [-0.05, 0) is 43.7 Å². The molecule has 0 aliphatic heterocycles. The number of carbonyl (C=O) groups is 2. The van der Waals surface area contributed by atoms with Crippen LogP contribution in [0.1, 0.15) is 18.1 Å². The van der Waals surface area contributed by atoms with E-state index in [0.717, 1.165) is 22.5 Å². The first-order valence-corrected chi connectivity index (χ1v) is 7.17. The Morgan fingerprint density at radius 3 is 2.27 bits per heavy atom. The van der Waals surface area contributed by atoms with Crippen LogP contribution in [-0.4, -0.2) is 18.4 Å². The lowest BCUT2D eigenvalue weighted by atomic mass is 10.2. The third-order valence-electron chi connectivity index (χ3n) is 3.33. The van der Waals surface area contributed by atoms with Gasteiger partial charge < -0.3 is 10.2 Å². The van der Waals surface area contributed by atoms with E-state index < -0.39 is 0 Å². The maximum Gasteiger partial charge on any atom is 0.244 e. The third-order valence-corrected chi connectivity index (χ3v) is 3.33. The molecule has 2 aromatic rings. The van der Waals surface area contributed by atoms with Crippen molar-refractivity contribution in [3.8, 4) is 0 Å². The average molecular weight is 296 g/mol. The van der Waals surface area contributed by atoms with Crippen molar-refractivity contribution in [3.05, 3.63) is 59.7 Å². The topological polar surface area (TPSA) is 49.4 Å². The molecule has 4 nitrogen and oxygen atoms in total. The smallest absolute Gasteiger partial charge is 0.244 e. The van der Waals surface area contributed by atoms with E-state index in [0.29, 0.717) is 0 Å². The molecule has 2 amide bonds. The van der Waals surface area contributed by atoms with E-state index in [-0.39, 0.29) is 18.4 Å². The molecule has 22 heavy (non-hydrogen) atoms. The van der Waals surface area contributed by atoms with Crippen molar-refractivity contribution in [2.24, 2.45) is 0 Å². The van der Waals surface area contributed by atoms with Crippen molar-refractivity contribution in [1.29, 1.82) is 0 Å². The van der Waals surface area contributed by atoms with Crippen LogP contribution in [0.25, 0.3) is 0 Å². The van der Waals surface area contributed by atoms with Gasteiger partial charge >= 0.3 is 0 Å². The van der Waals surface area contributed by atoms with Gasteiger partial charge in [-0.2, -0.15) is 0 Å². The summed E-state index contributed by atoms with van der Waals surface area (Å²) in [6.45, 7) is 5.39. The molecule has 2 aromatic carbocycles. The van der Waals surface area contributed by atoms with Crippen molar-refractivity contribution in [2.45, 2.75) is 20.8 Å². The molecular formula is C18H20N2O2. The average Bonchev–Trinajstić information content (AvgIpc) is 2.45. The Morgan fingerprint density at radius 2 is 1.68 bits per heavy atom. The molecule has 2 rings (SSSR count). The number of carbonyl (C=O) groups excluding carboxylic acids is 2. The summed E-state index contributed by atoms with van der Waals surface area (Å²) >= 11 is 0. The van der Waals surface area contributed by atoms with Crippen LogP contribution in [0.15, 0.2) is 48.5 Å². The number of hydrogen-bond acceptors (Lipinski definition) is 2. The van der Waals surface area contributed by atoms with E-state index in [9.17, 15) is 9.59 Å². The number of amides is 2. The predicted octanol–water partition coefficient (Wildman–Crippen LogP) is 3.30. The van der Waals surface area contributed by atoms with Crippen LogP contribution in [-0.2, 0) is 9.59 Å². The van der Waals surface area contributed by atoms with Crippen LogP contribution in [0, 0.1) is 13.8 Å². The van der Waals surface area contributed by atoms with Crippen molar-refractivity contribution in [3.63, 3.8) is 0 Å². The van der Waals surface area contributed by atoms with E-state index in [1.807, 2.05) is 62.4 Å². The van der Waals surface area contributed by atoms with Crippen LogP contribution < -0.4 is 10.2 Å². The molecule has 114 valence electrons. The number of anilines is 2. The molecule has 0 aliphatic rings. The van der Waals surface area contributed by atoms with Gasteiger partial charge in [0.05, 0.1) is 0 Å². The Morgan fingerprint density at radius 1 is 1.00 bits per heavy atom. The number of hydrogen-bond donors (Lipinski definition) is 1. The molecule has 0 saturated heterocycles. The highest BCUT2D eigenvalue weighted by atomic mass is 16.2. The summed E-state index contributed by atoms with van der Waals surface area (Å²) in [6.07, 6.45) is 0. The normalized spacial score (nSPS) is 10.1. The number of nitrogens with zero attached hydrogens (tertiary/aromatic N) is 1. The fraction of sp³-hybridized carbons (Fsp3) is 0.222. The van der Waals surface area contributed by atoms with Crippen molar-refractivity contribution >= 4 is 23.2 Å². The summed E-state index contributed by atoms with van der Waals surface area (Å²) in [7, 11) is 0. The number of rotatable bonds is 4. The highest BCUT2D eigenvalue weighted by molar-refractivity contribution is 6.01. The highest BCUT2D eigenvalue weighted by Crippen LogP contribution is 2.16. The maximum absolute atomic E-state index is 12.2. The first kappa shape index (κ1) is 15.8. The molecular weight excluding hydrogens is 276 g/mol. The van der Waals surface area contributed by atoms with Crippen molar-refractivity contribution in [1.82, 2.24) is 0 Å². The quantitative estimate of drug-likeness (QED) is 0.941. The summed E-state index contributed by atoms with van der Waals surface area (Å²) in [4.78, 5) is 25.5. The molecule has 0 aromatic heterocycles. The zero-order valence-corrected chi connectivity index (χ0v) is 13.1. The maximum atomic E-state index is 12.2. The van der Waals surface area contributed by atoms with Crippen LogP contribution in [0.5, 0.6) is 0 Å². The number of benzene rings is 2. The van der Waals surface area contributed by atoms with E-state index in [4.69, 9.17) is 0 Å². The van der Waals surface area contributed by atoms with Gasteiger partial charge in [-0.15, -0.1) is 0 Å². The van der Waals surface area contributed by atoms with Crippen molar-refractivity contribution < 1.29 is 9.59 Å². The highest BCUT2D eigenvalue weighted by Gasteiger charge is 2.15. The van der Waals surface area contributed by atoms with Gasteiger partial charge in [0.25, 0.3) is 0 Å². The summed E-state index contributed by atoms with van der Waals surface area (Å²) in [6, 6.07) is 15.1. The third kappa shape index (κ3) is 4.19. The summed E-state index contributed by atoms with van der Waals surface area (Å²) in [5.74, 6) is -0.385. The Labute approximate surface area is 130 Å².